The molecule has 0 aliphatic heterocycles. The summed E-state index contributed by atoms with van der Waals surface area (Å²) in [4.78, 5) is 0. The third-order valence-corrected chi connectivity index (χ3v) is 2.25. The second-order valence-corrected chi connectivity index (χ2v) is 3.62. The van der Waals surface area contributed by atoms with Crippen LogP contribution in [0.4, 0.5) is 0 Å². The molecule has 0 saturated heterocycles. The molecule has 0 heterocycles. The van der Waals surface area contributed by atoms with E-state index in [2.05, 4.69) is 19.9 Å². The zero-order valence-corrected chi connectivity index (χ0v) is 9.45. The van der Waals surface area contributed by atoms with Gasteiger partial charge in [0.1, 0.15) is 0 Å². The molecule has 0 atom stereocenters. The maximum Gasteiger partial charge on any atom is 0.0443 e. The molecule has 0 saturated carbocycles. The number of hydrogen-bond acceptors (Lipinski definition) is 1. The van der Waals surface area contributed by atoms with E-state index in [0.29, 0.717) is 12.5 Å². The lowest BCUT2D eigenvalue weighted by atomic mass is 10.0. The van der Waals surface area contributed by atoms with Crippen molar-refractivity contribution in [1.29, 1.82) is 0 Å². The largest absolute Gasteiger partial charge is 0.326 e. The Bertz CT molecular complexity index is 272. The van der Waals surface area contributed by atoms with Crippen LogP contribution in [0.5, 0.6) is 0 Å². The summed E-state index contributed by atoms with van der Waals surface area (Å²) >= 11 is 6.05. The van der Waals surface area contributed by atoms with Crippen molar-refractivity contribution < 1.29 is 0 Å². The molecule has 0 unspecified atom stereocenters. The highest BCUT2D eigenvalue weighted by atomic mass is 35.5. The van der Waals surface area contributed by atoms with Gasteiger partial charge in [-0.3, -0.25) is 0 Å². The normalized spacial score (nSPS) is 9.92. The summed E-state index contributed by atoms with van der Waals surface area (Å²) in [5.41, 5.74) is 7.76. The molecule has 0 amide bonds. The summed E-state index contributed by atoms with van der Waals surface area (Å²) in [5, 5.41) is 0.827. The van der Waals surface area contributed by atoms with E-state index in [-0.39, 0.29) is 12.4 Å². The van der Waals surface area contributed by atoms with E-state index in [4.69, 9.17) is 17.3 Å². The van der Waals surface area contributed by atoms with Crippen LogP contribution in [0.2, 0.25) is 5.02 Å². The van der Waals surface area contributed by atoms with Crippen LogP contribution in [-0.2, 0) is 6.54 Å². The number of nitrogens with two attached hydrogens (primary N) is 1. The van der Waals surface area contributed by atoms with E-state index >= 15 is 0 Å². The predicted molar refractivity (Wildman–Crippen MR) is 60.7 cm³/mol. The second-order valence-electron chi connectivity index (χ2n) is 3.21. The van der Waals surface area contributed by atoms with Crippen LogP contribution in [0.1, 0.15) is 30.9 Å². The molecular formula is C10H15Cl2N. The average Bonchev–Trinajstić information content (AvgIpc) is 2.03. The first-order valence-corrected chi connectivity index (χ1v) is 4.51. The molecule has 13 heavy (non-hydrogen) atoms. The average molecular weight is 220 g/mol. The molecule has 0 spiro atoms. The molecule has 1 nitrogen and oxygen atoms in total. The minimum absolute atomic E-state index is 0. The van der Waals surface area contributed by atoms with Crippen LogP contribution in [0.3, 0.4) is 0 Å². The summed E-state index contributed by atoms with van der Waals surface area (Å²) in [5.74, 6) is 0.476. The van der Waals surface area contributed by atoms with Gasteiger partial charge in [-0.15, -0.1) is 12.4 Å². The monoisotopic (exact) mass is 219 g/mol. The molecule has 0 radical (unpaired) electrons. The summed E-state index contributed by atoms with van der Waals surface area (Å²) in [7, 11) is 0. The molecule has 3 heteroatoms. The fourth-order valence-corrected chi connectivity index (χ4v) is 1.59. The lowest BCUT2D eigenvalue weighted by molar-refractivity contribution is 0.864. The van der Waals surface area contributed by atoms with Crippen LogP contribution in [0.25, 0.3) is 0 Å². The molecule has 2 N–H and O–H groups in total. The van der Waals surface area contributed by atoms with Crippen molar-refractivity contribution in [2.45, 2.75) is 26.3 Å². The predicted octanol–water partition coefficient (Wildman–Crippen LogP) is 3.34. The zero-order chi connectivity index (χ0) is 9.14. The van der Waals surface area contributed by atoms with Crippen molar-refractivity contribution in [3.05, 3.63) is 34.3 Å². The molecule has 0 aliphatic rings. The van der Waals surface area contributed by atoms with Gasteiger partial charge >= 0.3 is 0 Å². The van der Waals surface area contributed by atoms with E-state index in [9.17, 15) is 0 Å². The topological polar surface area (TPSA) is 26.0 Å². The minimum atomic E-state index is 0. The highest BCUT2D eigenvalue weighted by Crippen LogP contribution is 2.24. The van der Waals surface area contributed by atoms with Gasteiger partial charge in [0.2, 0.25) is 0 Å². The second kappa shape index (κ2) is 5.48. The summed E-state index contributed by atoms with van der Waals surface area (Å²) in [6.07, 6.45) is 0. The molecule has 1 aromatic rings. The summed E-state index contributed by atoms with van der Waals surface area (Å²) in [6, 6.07) is 6.02. The molecule has 0 fully saturated rings. The summed E-state index contributed by atoms with van der Waals surface area (Å²) in [6.45, 7) is 4.81. The Balaban J connectivity index is 0.00000144. The van der Waals surface area contributed by atoms with Crippen molar-refractivity contribution in [3.63, 3.8) is 0 Å². The summed E-state index contributed by atoms with van der Waals surface area (Å²) < 4.78 is 0. The van der Waals surface area contributed by atoms with E-state index in [1.54, 1.807) is 0 Å². The van der Waals surface area contributed by atoms with E-state index in [1.807, 2.05) is 12.1 Å². The number of rotatable bonds is 2. The van der Waals surface area contributed by atoms with Crippen molar-refractivity contribution in [1.82, 2.24) is 0 Å². The lowest BCUT2D eigenvalue weighted by Crippen LogP contribution is -1.97. The van der Waals surface area contributed by atoms with Crippen LogP contribution in [-0.4, -0.2) is 0 Å². The van der Waals surface area contributed by atoms with Crippen LogP contribution in [0, 0.1) is 0 Å². The van der Waals surface area contributed by atoms with Crippen molar-refractivity contribution in [2.24, 2.45) is 5.73 Å². The van der Waals surface area contributed by atoms with E-state index in [0.717, 1.165) is 10.6 Å². The molecule has 0 bridgehead atoms. The standard InChI is InChI=1S/C10H14ClN.ClH/c1-7(2)9-4-3-8(6-12)5-10(9)11;/h3-5,7H,6,12H2,1-2H3;1H. The van der Waals surface area contributed by atoms with Crippen LogP contribution in [0.15, 0.2) is 18.2 Å². The highest BCUT2D eigenvalue weighted by molar-refractivity contribution is 6.31. The number of halogens is 2. The maximum absolute atomic E-state index is 6.05. The van der Waals surface area contributed by atoms with Crippen molar-refractivity contribution in [2.75, 3.05) is 0 Å². The Hall–Kier alpha value is -0.240. The molecule has 1 aromatic carbocycles. The molecule has 74 valence electrons. The Morgan fingerprint density at radius 1 is 1.38 bits per heavy atom. The third kappa shape index (κ3) is 3.18. The van der Waals surface area contributed by atoms with Crippen molar-refractivity contribution >= 4 is 24.0 Å². The first-order chi connectivity index (χ1) is 5.65. The SMILES string of the molecule is CC(C)c1ccc(CN)cc1Cl.Cl. The Morgan fingerprint density at radius 3 is 2.38 bits per heavy atom. The zero-order valence-electron chi connectivity index (χ0n) is 7.88. The van der Waals surface area contributed by atoms with Gasteiger partial charge in [-0.25, -0.2) is 0 Å². The van der Waals surface area contributed by atoms with Crippen LogP contribution >= 0.6 is 24.0 Å². The fraction of sp³-hybridized carbons (Fsp3) is 0.400. The number of benzene rings is 1. The van der Waals surface area contributed by atoms with Gasteiger partial charge in [0, 0.05) is 11.6 Å². The Kier molecular flexibility index (Phi) is 5.38. The van der Waals surface area contributed by atoms with E-state index in [1.165, 1.54) is 5.56 Å². The maximum atomic E-state index is 6.05. The van der Waals surface area contributed by atoms with Gasteiger partial charge in [0.25, 0.3) is 0 Å². The van der Waals surface area contributed by atoms with Gasteiger partial charge in [0.05, 0.1) is 0 Å². The Morgan fingerprint density at radius 2 is 2.00 bits per heavy atom. The minimum Gasteiger partial charge on any atom is -0.326 e. The highest BCUT2D eigenvalue weighted by Gasteiger charge is 2.04. The third-order valence-electron chi connectivity index (χ3n) is 1.92. The van der Waals surface area contributed by atoms with E-state index < -0.39 is 0 Å². The number of hydrogen-bond donors (Lipinski definition) is 1. The van der Waals surface area contributed by atoms with Crippen LogP contribution < -0.4 is 5.73 Å². The first-order valence-electron chi connectivity index (χ1n) is 4.13. The first kappa shape index (κ1) is 12.8. The van der Waals surface area contributed by atoms with Gasteiger partial charge in [-0.05, 0) is 23.1 Å². The van der Waals surface area contributed by atoms with Gasteiger partial charge in [0.15, 0.2) is 0 Å². The van der Waals surface area contributed by atoms with Crippen molar-refractivity contribution in [3.8, 4) is 0 Å². The smallest absolute Gasteiger partial charge is 0.0443 e. The fourth-order valence-electron chi connectivity index (χ4n) is 1.17. The molecule has 0 aromatic heterocycles. The molecular weight excluding hydrogens is 205 g/mol. The van der Waals surface area contributed by atoms with Gasteiger partial charge < -0.3 is 5.73 Å². The van der Waals surface area contributed by atoms with Gasteiger partial charge in [-0.2, -0.15) is 0 Å². The molecule has 0 aliphatic carbocycles. The molecule has 1 rings (SSSR count). The lowest BCUT2D eigenvalue weighted by Gasteiger charge is -2.08. The quantitative estimate of drug-likeness (QED) is 0.812. The van der Waals surface area contributed by atoms with Gasteiger partial charge in [-0.1, -0.05) is 37.6 Å². The Labute approximate surface area is 90.7 Å².